The van der Waals surface area contributed by atoms with Crippen molar-refractivity contribution in [2.24, 2.45) is 0 Å². The zero-order valence-electron chi connectivity index (χ0n) is 19.9. The van der Waals surface area contributed by atoms with Crippen LogP contribution in [0.25, 0.3) is 10.4 Å². The molecule has 3 aromatic rings. The zero-order chi connectivity index (χ0) is 26.4. The van der Waals surface area contributed by atoms with Crippen molar-refractivity contribution >= 4 is 28.0 Å². The lowest BCUT2D eigenvalue weighted by atomic mass is 10.0. The van der Waals surface area contributed by atoms with E-state index in [4.69, 9.17) is 4.74 Å². The van der Waals surface area contributed by atoms with Crippen LogP contribution in [0.1, 0.15) is 28.4 Å². The molecule has 1 aromatic heterocycles. The highest BCUT2D eigenvalue weighted by molar-refractivity contribution is 7.20. The summed E-state index contributed by atoms with van der Waals surface area (Å²) < 4.78 is 34.3. The first-order chi connectivity index (χ1) is 17.1. The normalized spacial score (nSPS) is 11.3. The molecule has 0 amide bonds. The number of benzene rings is 2. The highest BCUT2D eigenvalue weighted by atomic mass is 32.1. The van der Waals surface area contributed by atoms with Gasteiger partial charge >= 0.3 is 5.97 Å². The van der Waals surface area contributed by atoms with Gasteiger partial charge < -0.3 is 19.6 Å². The molecule has 8 nitrogen and oxygen atoms in total. The van der Waals surface area contributed by atoms with Crippen molar-refractivity contribution in [3.8, 4) is 10.4 Å². The van der Waals surface area contributed by atoms with Crippen molar-refractivity contribution < 1.29 is 28.3 Å². The van der Waals surface area contributed by atoms with Crippen molar-refractivity contribution in [3.63, 3.8) is 0 Å². The molecular weight excluding hydrogens is 492 g/mol. The molecule has 0 saturated carbocycles. The van der Waals surface area contributed by atoms with Gasteiger partial charge in [0.25, 0.3) is 5.69 Å². The van der Waals surface area contributed by atoms with E-state index in [-0.39, 0.29) is 34.9 Å². The summed E-state index contributed by atoms with van der Waals surface area (Å²) in [5.41, 5.74) is 0.709. The minimum atomic E-state index is -1.21. The SMILES string of the molecule is CCOC=CN(Cc1c(F)cccc1F)c1sc(-c2ccc([N+](=O)[O-])cc2)c(CN(C)C)c1C(=O)O. The molecule has 0 saturated heterocycles. The van der Waals surface area contributed by atoms with Gasteiger partial charge in [0.05, 0.1) is 29.9 Å². The third kappa shape index (κ3) is 6.04. The lowest BCUT2D eigenvalue weighted by Crippen LogP contribution is -2.20. The molecule has 11 heteroatoms. The van der Waals surface area contributed by atoms with Crippen LogP contribution in [0, 0.1) is 21.7 Å². The number of anilines is 1. The van der Waals surface area contributed by atoms with Crippen molar-refractivity contribution in [3.05, 3.63) is 93.4 Å². The number of aromatic carboxylic acids is 1. The van der Waals surface area contributed by atoms with Gasteiger partial charge in [0.15, 0.2) is 0 Å². The summed E-state index contributed by atoms with van der Waals surface area (Å²) in [6, 6.07) is 9.31. The molecule has 0 aliphatic carbocycles. The average molecular weight is 518 g/mol. The number of rotatable bonds is 11. The van der Waals surface area contributed by atoms with E-state index in [1.165, 1.54) is 35.6 Å². The van der Waals surface area contributed by atoms with E-state index in [0.717, 1.165) is 23.5 Å². The van der Waals surface area contributed by atoms with E-state index >= 15 is 0 Å². The summed E-state index contributed by atoms with van der Waals surface area (Å²) in [6.45, 7) is 2.07. The first-order valence-corrected chi connectivity index (χ1v) is 11.7. The van der Waals surface area contributed by atoms with E-state index in [1.54, 1.807) is 38.1 Å². The molecule has 0 radical (unpaired) electrons. The smallest absolute Gasteiger partial charge is 0.339 e. The van der Waals surface area contributed by atoms with Gasteiger partial charge in [-0.1, -0.05) is 6.07 Å². The van der Waals surface area contributed by atoms with Gasteiger partial charge in [-0.2, -0.15) is 0 Å². The second kappa shape index (κ2) is 11.7. The molecule has 0 bridgehead atoms. The Morgan fingerprint density at radius 2 is 1.75 bits per heavy atom. The summed E-state index contributed by atoms with van der Waals surface area (Å²) >= 11 is 1.12. The second-order valence-corrected chi connectivity index (χ2v) is 9.00. The number of carboxylic acids is 1. The molecule has 0 fully saturated rings. The maximum Gasteiger partial charge on any atom is 0.339 e. The monoisotopic (exact) mass is 517 g/mol. The predicted molar refractivity (Wildman–Crippen MR) is 134 cm³/mol. The largest absolute Gasteiger partial charge is 0.500 e. The predicted octanol–water partition coefficient (Wildman–Crippen LogP) is 5.88. The van der Waals surface area contributed by atoms with E-state index in [9.17, 15) is 28.8 Å². The molecular formula is C25H25F2N3O5S. The fourth-order valence-electron chi connectivity index (χ4n) is 3.57. The Balaban J connectivity index is 2.23. The van der Waals surface area contributed by atoms with Crippen LogP contribution in [-0.2, 0) is 17.8 Å². The Morgan fingerprint density at radius 3 is 2.28 bits per heavy atom. The molecule has 2 aromatic carbocycles. The number of ether oxygens (including phenoxy) is 1. The molecule has 0 aliphatic heterocycles. The van der Waals surface area contributed by atoms with E-state index in [1.807, 2.05) is 0 Å². The number of thiophene rings is 1. The fourth-order valence-corrected chi connectivity index (χ4v) is 4.86. The number of carbonyl (C=O) groups is 1. The van der Waals surface area contributed by atoms with Crippen LogP contribution in [0.5, 0.6) is 0 Å². The summed E-state index contributed by atoms with van der Waals surface area (Å²) in [5, 5.41) is 21.5. The highest BCUT2D eigenvalue weighted by Crippen LogP contribution is 2.44. The number of nitro groups is 1. The van der Waals surface area contributed by atoms with Crippen LogP contribution in [0.2, 0.25) is 0 Å². The van der Waals surface area contributed by atoms with E-state index in [0.29, 0.717) is 22.6 Å². The maximum absolute atomic E-state index is 14.5. The number of hydrogen-bond acceptors (Lipinski definition) is 7. The van der Waals surface area contributed by atoms with Crippen LogP contribution in [0.15, 0.2) is 54.9 Å². The average Bonchev–Trinajstić information content (AvgIpc) is 3.19. The summed E-state index contributed by atoms with van der Waals surface area (Å²) in [4.78, 5) is 26.9. The van der Waals surface area contributed by atoms with E-state index < -0.39 is 22.5 Å². The van der Waals surface area contributed by atoms with Gasteiger partial charge in [-0.25, -0.2) is 13.6 Å². The van der Waals surface area contributed by atoms with Crippen molar-refractivity contribution in [2.75, 3.05) is 25.6 Å². The summed E-state index contributed by atoms with van der Waals surface area (Å²) in [7, 11) is 3.56. The van der Waals surface area contributed by atoms with Crippen molar-refractivity contribution in [1.29, 1.82) is 0 Å². The van der Waals surface area contributed by atoms with Crippen LogP contribution in [-0.4, -0.2) is 41.6 Å². The molecule has 36 heavy (non-hydrogen) atoms. The zero-order valence-corrected chi connectivity index (χ0v) is 20.7. The van der Waals surface area contributed by atoms with Gasteiger partial charge in [-0.15, -0.1) is 11.3 Å². The molecule has 3 rings (SSSR count). The number of halogens is 2. The maximum atomic E-state index is 14.5. The number of non-ortho nitro benzene ring substituents is 1. The topological polar surface area (TPSA) is 96.2 Å². The van der Waals surface area contributed by atoms with Crippen LogP contribution >= 0.6 is 11.3 Å². The fraction of sp³-hybridized carbons (Fsp3) is 0.240. The highest BCUT2D eigenvalue weighted by Gasteiger charge is 2.28. The quantitative estimate of drug-likeness (QED) is 0.193. The summed E-state index contributed by atoms with van der Waals surface area (Å²) in [6.07, 6.45) is 2.77. The molecule has 0 aliphatic rings. The number of carboxylic acid groups (broad SMARTS) is 1. The third-order valence-corrected chi connectivity index (χ3v) is 6.49. The Labute approximate surface area is 210 Å². The van der Waals surface area contributed by atoms with Crippen molar-refractivity contribution in [2.45, 2.75) is 20.0 Å². The lowest BCUT2D eigenvalue weighted by molar-refractivity contribution is -0.384. The minimum absolute atomic E-state index is 0.0278. The van der Waals surface area contributed by atoms with Gasteiger partial charge in [-0.3, -0.25) is 10.1 Å². The molecule has 190 valence electrons. The standard InChI is InChI=1S/C25H25F2N3O5S/c1-4-35-13-12-29(15-18-20(26)6-5-7-21(18)27)24-22(25(31)32)19(14-28(2)3)23(36-24)16-8-10-17(11-9-16)30(33)34/h5-13H,4,14-15H2,1-3H3,(H,31,32). The molecule has 0 atom stereocenters. The van der Waals surface area contributed by atoms with Crippen LogP contribution < -0.4 is 4.90 Å². The molecule has 0 spiro atoms. The Hall–Kier alpha value is -3.83. The Kier molecular flexibility index (Phi) is 8.73. The number of nitro benzene ring substituents is 1. The number of nitrogens with zero attached hydrogens (tertiary/aromatic N) is 3. The van der Waals surface area contributed by atoms with Crippen LogP contribution in [0.3, 0.4) is 0 Å². The molecule has 0 unspecified atom stereocenters. The second-order valence-electron chi connectivity index (χ2n) is 8.01. The number of hydrogen-bond donors (Lipinski definition) is 1. The summed E-state index contributed by atoms with van der Waals surface area (Å²) in [5.74, 6) is -2.74. The van der Waals surface area contributed by atoms with Gasteiger partial charge in [-0.05, 0) is 50.8 Å². The van der Waals surface area contributed by atoms with Crippen molar-refractivity contribution in [1.82, 2.24) is 4.90 Å². The van der Waals surface area contributed by atoms with Gasteiger partial charge in [0.1, 0.15) is 16.6 Å². The molecule has 1 heterocycles. The Bertz CT molecular complexity index is 1260. The third-order valence-electron chi connectivity index (χ3n) is 5.17. The van der Waals surface area contributed by atoms with E-state index in [2.05, 4.69) is 0 Å². The van der Waals surface area contributed by atoms with Gasteiger partial charge in [0.2, 0.25) is 0 Å². The van der Waals surface area contributed by atoms with Crippen LogP contribution in [0.4, 0.5) is 19.5 Å². The lowest BCUT2D eigenvalue weighted by Gasteiger charge is -2.21. The first-order valence-electron chi connectivity index (χ1n) is 10.9. The Morgan fingerprint density at radius 1 is 1.11 bits per heavy atom. The minimum Gasteiger partial charge on any atom is -0.500 e. The first kappa shape index (κ1) is 26.8. The van der Waals surface area contributed by atoms with Gasteiger partial charge in [0, 0.05) is 40.9 Å². The molecule has 1 N–H and O–H groups in total.